The Kier molecular flexibility index (Phi) is 2.98. The molecule has 0 bridgehead atoms. The first-order valence-electron chi connectivity index (χ1n) is 2.25. The Morgan fingerprint density at radius 2 is 1.90 bits per heavy atom. The number of nitrogens with two attached hydrogens (primary N) is 1. The summed E-state index contributed by atoms with van der Waals surface area (Å²) in [7, 11) is 0. The molecule has 0 fully saturated rings. The lowest BCUT2D eigenvalue weighted by Gasteiger charge is -1.91. The summed E-state index contributed by atoms with van der Waals surface area (Å²) < 4.78 is 0. The fourth-order valence-corrected chi connectivity index (χ4v) is 0.229. The maximum atomic E-state index is 9.72. The molecule has 0 aliphatic heterocycles. The summed E-state index contributed by atoms with van der Waals surface area (Å²) in [5, 5.41) is 19.3. The molecule has 1 unspecified atom stereocenters. The van der Waals surface area contributed by atoms with Gasteiger partial charge in [0.2, 0.25) is 6.20 Å². The van der Waals surface area contributed by atoms with Crippen molar-refractivity contribution in [2.24, 2.45) is 5.73 Å². The molecule has 0 amide bonds. The summed E-state index contributed by atoms with van der Waals surface area (Å²) in [5.74, 6) is 0. The van der Waals surface area contributed by atoms with Crippen LogP contribution in [-0.2, 0) is 0 Å². The highest BCUT2D eigenvalue weighted by Gasteiger charge is 2.08. The third kappa shape index (κ3) is 3.50. The van der Waals surface area contributed by atoms with Crippen LogP contribution in [0, 0.1) is 20.2 Å². The molecule has 0 saturated carbocycles. The van der Waals surface area contributed by atoms with Crippen molar-refractivity contribution in [3.63, 3.8) is 0 Å². The lowest BCUT2D eigenvalue weighted by atomic mass is 10.5. The van der Waals surface area contributed by atoms with Gasteiger partial charge in [0.25, 0.3) is 6.17 Å². The smallest absolute Gasteiger partial charge is 0.265 e. The minimum atomic E-state index is -1.50. The zero-order valence-corrected chi connectivity index (χ0v) is 4.84. The van der Waals surface area contributed by atoms with Crippen molar-refractivity contribution in [2.45, 2.75) is 6.17 Å². The van der Waals surface area contributed by atoms with E-state index in [9.17, 15) is 20.2 Å². The molecule has 0 aliphatic carbocycles. The monoisotopic (exact) mass is 147 g/mol. The number of hydrogen-bond acceptors (Lipinski definition) is 5. The Hall–Kier alpha value is -1.50. The molecule has 2 N–H and O–H groups in total. The van der Waals surface area contributed by atoms with Crippen LogP contribution in [0.4, 0.5) is 0 Å². The quantitative estimate of drug-likeness (QED) is 0.323. The largest absolute Gasteiger partial charge is 0.288 e. The number of nitro groups is 2. The second kappa shape index (κ2) is 3.51. The van der Waals surface area contributed by atoms with Crippen LogP contribution in [0.3, 0.4) is 0 Å². The van der Waals surface area contributed by atoms with E-state index in [1.54, 1.807) is 0 Å². The molecule has 0 aromatic carbocycles. The summed E-state index contributed by atoms with van der Waals surface area (Å²) in [6.07, 6.45) is -0.363. The fourth-order valence-electron chi connectivity index (χ4n) is 0.229. The normalized spacial score (nSPS) is 13.3. The molecule has 0 saturated heterocycles. The van der Waals surface area contributed by atoms with E-state index in [0.29, 0.717) is 12.3 Å². The van der Waals surface area contributed by atoms with Gasteiger partial charge in [-0.1, -0.05) is 0 Å². The second-order valence-electron chi connectivity index (χ2n) is 1.40. The third-order valence-electron chi connectivity index (χ3n) is 0.648. The molecule has 0 aromatic heterocycles. The summed E-state index contributed by atoms with van der Waals surface area (Å²) in [6, 6.07) is 0. The van der Waals surface area contributed by atoms with Gasteiger partial charge in [0, 0.05) is 4.92 Å². The summed E-state index contributed by atoms with van der Waals surface area (Å²) >= 11 is 0. The van der Waals surface area contributed by atoms with Gasteiger partial charge in [-0.15, -0.1) is 0 Å². The summed E-state index contributed by atoms with van der Waals surface area (Å²) in [6.45, 7) is 0. The molecule has 56 valence electrons. The van der Waals surface area contributed by atoms with E-state index in [1.807, 2.05) is 0 Å². The molecule has 0 rings (SSSR count). The van der Waals surface area contributed by atoms with Crippen LogP contribution >= 0.6 is 0 Å². The number of nitrogens with zero attached hydrogens (tertiary/aromatic N) is 2. The van der Waals surface area contributed by atoms with Crippen molar-refractivity contribution in [3.05, 3.63) is 32.5 Å². The molecule has 0 heterocycles. The van der Waals surface area contributed by atoms with E-state index in [0.717, 1.165) is 0 Å². The summed E-state index contributed by atoms with van der Waals surface area (Å²) in [5.41, 5.74) is 4.77. The van der Waals surface area contributed by atoms with Crippen molar-refractivity contribution in [3.8, 4) is 0 Å². The maximum absolute atomic E-state index is 9.72. The van der Waals surface area contributed by atoms with Gasteiger partial charge < -0.3 is 0 Å². The van der Waals surface area contributed by atoms with Gasteiger partial charge in [-0.25, -0.2) is 0 Å². The first kappa shape index (κ1) is 8.50. The molecule has 0 radical (unpaired) electrons. The van der Waals surface area contributed by atoms with Gasteiger partial charge in [0.05, 0.1) is 11.0 Å². The highest BCUT2D eigenvalue weighted by molar-refractivity contribution is 4.77. The molecular formula is C3H5N3O4. The van der Waals surface area contributed by atoms with Crippen molar-refractivity contribution < 1.29 is 9.85 Å². The van der Waals surface area contributed by atoms with E-state index in [-0.39, 0.29) is 0 Å². The molecule has 1 atom stereocenters. The van der Waals surface area contributed by atoms with E-state index in [2.05, 4.69) is 0 Å². The van der Waals surface area contributed by atoms with E-state index in [1.165, 1.54) is 0 Å². The maximum Gasteiger partial charge on any atom is 0.288 e. The van der Waals surface area contributed by atoms with Crippen LogP contribution in [0.25, 0.3) is 0 Å². The van der Waals surface area contributed by atoms with Crippen LogP contribution in [0.5, 0.6) is 0 Å². The SMILES string of the molecule is NC(C=C[N+](=O)[O-])[N+](=O)[O-]. The average molecular weight is 147 g/mol. The Bertz CT molecular complexity index is 177. The van der Waals surface area contributed by atoms with Gasteiger partial charge >= 0.3 is 0 Å². The number of hydrogen-bond donors (Lipinski definition) is 1. The van der Waals surface area contributed by atoms with Crippen molar-refractivity contribution in [1.29, 1.82) is 0 Å². The minimum absolute atomic E-state index is 0.438. The first-order valence-corrected chi connectivity index (χ1v) is 2.25. The topological polar surface area (TPSA) is 112 Å². The fraction of sp³-hybridized carbons (Fsp3) is 0.333. The molecule has 7 heteroatoms. The van der Waals surface area contributed by atoms with Crippen LogP contribution in [0.1, 0.15) is 0 Å². The molecule has 10 heavy (non-hydrogen) atoms. The average Bonchev–Trinajstić information content (AvgIpc) is 1.82. The van der Waals surface area contributed by atoms with Crippen molar-refractivity contribution in [2.75, 3.05) is 0 Å². The van der Waals surface area contributed by atoms with Gasteiger partial charge in [0.1, 0.15) is 0 Å². The van der Waals surface area contributed by atoms with Crippen LogP contribution < -0.4 is 5.73 Å². The van der Waals surface area contributed by atoms with E-state index >= 15 is 0 Å². The molecule has 0 spiro atoms. The van der Waals surface area contributed by atoms with Crippen LogP contribution in [-0.4, -0.2) is 16.0 Å². The first-order chi connectivity index (χ1) is 4.54. The second-order valence-corrected chi connectivity index (χ2v) is 1.40. The van der Waals surface area contributed by atoms with E-state index in [4.69, 9.17) is 5.73 Å². The van der Waals surface area contributed by atoms with Crippen LogP contribution in [0.15, 0.2) is 12.3 Å². The zero-order valence-electron chi connectivity index (χ0n) is 4.84. The molecular weight excluding hydrogens is 142 g/mol. The Labute approximate surface area is 55.4 Å². The summed E-state index contributed by atoms with van der Waals surface area (Å²) in [4.78, 5) is 17.6. The number of rotatable bonds is 3. The molecule has 0 aliphatic rings. The highest BCUT2D eigenvalue weighted by Crippen LogP contribution is 1.82. The van der Waals surface area contributed by atoms with Gasteiger partial charge in [-0.3, -0.25) is 26.0 Å². The molecule has 0 aromatic rings. The van der Waals surface area contributed by atoms with Gasteiger partial charge in [-0.05, 0) is 0 Å². The Balaban J connectivity index is 3.89. The third-order valence-corrected chi connectivity index (χ3v) is 0.648. The van der Waals surface area contributed by atoms with Gasteiger partial charge in [0.15, 0.2) is 0 Å². The predicted octanol–water partition coefficient (Wildman–Crippen LogP) is -0.662. The lowest BCUT2D eigenvalue weighted by molar-refractivity contribution is -0.509. The molecule has 7 nitrogen and oxygen atoms in total. The minimum Gasteiger partial charge on any atom is -0.265 e. The lowest BCUT2D eigenvalue weighted by Crippen LogP contribution is -2.26. The van der Waals surface area contributed by atoms with Gasteiger partial charge in [-0.2, -0.15) is 0 Å². The Morgan fingerprint density at radius 1 is 1.40 bits per heavy atom. The van der Waals surface area contributed by atoms with Crippen molar-refractivity contribution >= 4 is 0 Å². The highest BCUT2D eigenvalue weighted by atomic mass is 16.6. The van der Waals surface area contributed by atoms with Crippen molar-refractivity contribution in [1.82, 2.24) is 0 Å². The predicted molar refractivity (Wildman–Crippen MR) is 31.1 cm³/mol. The zero-order chi connectivity index (χ0) is 8.15. The van der Waals surface area contributed by atoms with Crippen LogP contribution in [0.2, 0.25) is 0 Å². The standard InChI is InChI=1S/C3H5N3O4/c4-3(6(9)10)1-2-5(7)8/h1-3H,4H2. The Morgan fingerprint density at radius 3 is 2.20 bits per heavy atom. The van der Waals surface area contributed by atoms with E-state index < -0.39 is 16.0 Å².